The largest absolute Gasteiger partial charge is 0.480 e. The fourth-order valence-corrected chi connectivity index (χ4v) is 3.15. The molecule has 0 radical (unpaired) electrons. The zero-order valence-electron chi connectivity index (χ0n) is 12.5. The van der Waals surface area contributed by atoms with Gasteiger partial charge in [-0.1, -0.05) is 13.3 Å². The summed E-state index contributed by atoms with van der Waals surface area (Å²) in [5, 5.41) is 11.8. The first-order chi connectivity index (χ1) is 9.52. The first-order valence-electron chi connectivity index (χ1n) is 7.79. The van der Waals surface area contributed by atoms with E-state index in [0.29, 0.717) is 0 Å². The zero-order valence-corrected chi connectivity index (χ0v) is 12.5. The van der Waals surface area contributed by atoms with Crippen LogP contribution in [0.5, 0.6) is 0 Å². The monoisotopic (exact) mass is 282 g/mol. The summed E-state index contributed by atoms with van der Waals surface area (Å²) >= 11 is 0. The maximum Gasteiger partial charge on any atom is 0.326 e. The molecule has 5 heteroatoms. The number of carbonyl (C=O) groups is 2. The van der Waals surface area contributed by atoms with Crippen LogP contribution in [-0.4, -0.2) is 41.1 Å². The molecule has 0 aromatic heterocycles. The van der Waals surface area contributed by atoms with E-state index in [9.17, 15) is 9.59 Å². The third kappa shape index (κ3) is 3.64. The predicted molar refractivity (Wildman–Crippen MR) is 76.5 cm³/mol. The Morgan fingerprint density at radius 2 is 1.80 bits per heavy atom. The average Bonchev–Trinajstić information content (AvgIpc) is 3.28. The SMILES string of the molecule is CCC1CCC(N(C)C(=O)NC(C(=O)O)C2CC2)CC1. The van der Waals surface area contributed by atoms with E-state index in [4.69, 9.17) is 5.11 Å². The lowest BCUT2D eigenvalue weighted by Crippen LogP contribution is -2.51. The smallest absolute Gasteiger partial charge is 0.326 e. The Morgan fingerprint density at radius 1 is 1.20 bits per heavy atom. The second-order valence-electron chi connectivity index (χ2n) is 6.30. The van der Waals surface area contributed by atoms with E-state index >= 15 is 0 Å². The molecule has 2 N–H and O–H groups in total. The number of hydrogen-bond acceptors (Lipinski definition) is 2. The number of nitrogens with zero attached hydrogens (tertiary/aromatic N) is 1. The van der Waals surface area contributed by atoms with Crippen LogP contribution in [0, 0.1) is 11.8 Å². The van der Waals surface area contributed by atoms with Crippen LogP contribution in [0.25, 0.3) is 0 Å². The summed E-state index contributed by atoms with van der Waals surface area (Å²) in [4.78, 5) is 25.1. The molecule has 2 fully saturated rings. The van der Waals surface area contributed by atoms with Gasteiger partial charge in [0.15, 0.2) is 0 Å². The molecule has 0 spiro atoms. The number of hydrogen-bond donors (Lipinski definition) is 2. The van der Waals surface area contributed by atoms with E-state index in [2.05, 4.69) is 12.2 Å². The number of carboxylic acid groups (broad SMARTS) is 1. The highest BCUT2D eigenvalue weighted by molar-refractivity contribution is 5.83. The van der Waals surface area contributed by atoms with Gasteiger partial charge in [-0.2, -0.15) is 0 Å². The lowest BCUT2D eigenvalue weighted by molar-refractivity contribution is -0.139. The molecule has 1 unspecified atom stereocenters. The summed E-state index contributed by atoms with van der Waals surface area (Å²) in [5.41, 5.74) is 0. The summed E-state index contributed by atoms with van der Waals surface area (Å²) in [6, 6.07) is -0.687. The summed E-state index contributed by atoms with van der Waals surface area (Å²) in [7, 11) is 1.79. The number of nitrogens with one attached hydrogen (secondary N) is 1. The molecule has 114 valence electrons. The minimum Gasteiger partial charge on any atom is -0.480 e. The Kier molecular flexibility index (Phi) is 4.89. The zero-order chi connectivity index (χ0) is 14.7. The number of carbonyl (C=O) groups excluding carboxylic acids is 1. The van der Waals surface area contributed by atoms with E-state index in [-0.39, 0.29) is 18.0 Å². The van der Waals surface area contributed by atoms with Gasteiger partial charge >= 0.3 is 12.0 Å². The third-order valence-corrected chi connectivity index (χ3v) is 4.90. The topological polar surface area (TPSA) is 69.6 Å². The predicted octanol–water partition coefficient (Wildman–Crippen LogP) is 2.46. The van der Waals surface area contributed by atoms with Crippen molar-refractivity contribution >= 4 is 12.0 Å². The highest BCUT2D eigenvalue weighted by Gasteiger charge is 2.38. The van der Waals surface area contributed by atoms with Gasteiger partial charge in [-0.3, -0.25) is 0 Å². The Balaban J connectivity index is 1.83. The van der Waals surface area contributed by atoms with Gasteiger partial charge in [0.05, 0.1) is 0 Å². The van der Waals surface area contributed by atoms with Gasteiger partial charge in [0.25, 0.3) is 0 Å². The molecule has 0 aliphatic heterocycles. The molecule has 0 heterocycles. The van der Waals surface area contributed by atoms with Crippen molar-refractivity contribution in [2.75, 3.05) is 7.05 Å². The van der Waals surface area contributed by atoms with Crippen molar-refractivity contribution in [1.82, 2.24) is 10.2 Å². The van der Waals surface area contributed by atoms with Crippen molar-refractivity contribution in [1.29, 1.82) is 0 Å². The summed E-state index contributed by atoms with van der Waals surface area (Å²) in [6.07, 6.45) is 7.43. The van der Waals surface area contributed by atoms with Crippen LogP contribution in [-0.2, 0) is 4.79 Å². The van der Waals surface area contributed by atoms with Crippen LogP contribution < -0.4 is 5.32 Å². The highest BCUT2D eigenvalue weighted by Crippen LogP contribution is 2.33. The second kappa shape index (κ2) is 6.46. The highest BCUT2D eigenvalue weighted by atomic mass is 16.4. The van der Waals surface area contributed by atoms with Crippen LogP contribution in [0.4, 0.5) is 4.79 Å². The van der Waals surface area contributed by atoms with Crippen LogP contribution >= 0.6 is 0 Å². The molecule has 2 aliphatic rings. The molecule has 0 bridgehead atoms. The number of carboxylic acids is 1. The number of aliphatic carboxylic acids is 1. The Morgan fingerprint density at radius 3 is 2.25 bits per heavy atom. The summed E-state index contributed by atoms with van der Waals surface area (Å²) < 4.78 is 0. The molecule has 5 nitrogen and oxygen atoms in total. The lowest BCUT2D eigenvalue weighted by atomic mass is 9.84. The van der Waals surface area contributed by atoms with Gasteiger partial charge in [-0.25, -0.2) is 9.59 Å². The van der Waals surface area contributed by atoms with Crippen LogP contribution in [0.2, 0.25) is 0 Å². The van der Waals surface area contributed by atoms with Crippen molar-refractivity contribution in [3.63, 3.8) is 0 Å². The van der Waals surface area contributed by atoms with Gasteiger partial charge < -0.3 is 15.3 Å². The third-order valence-electron chi connectivity index (χ3n) is 4.90. The van der Waals surface area contributed by atoms with Crippen molar-refractivity contribution in [2.24, 2.45) is 11.8 Å². The molecule has 2 saturated carbocycles. The molecule has 2 amide bonds. The molecule has 20 heavy (non-hydrogen) atoms. The second-order valence-corrected chi connectivity index (χ2v) is 6.30. The fourth-order valence-electron chi connectivity index (χ4n) is 3.15. The molecule has 0 saturated heterocycles. The van der Waals surface area contributed by atoms with Gasteiger partial charge in [0.1, 0.15) is 6.04 Å². The van der Waals surface area contributed by atoms with Gasteiger partial charge in [0.2, 0.25) is 0 Å². The minimum atomic E-state index is -0.913. The standard InChI is InChI=1S/C15H26N2O3/c1-3-10-4-8-12(9-5-10)17(2)15(20)16-13(14(18)19)11-6-7-11/h10-13H,3-9H2,1-2H3,(H,16,20)(H,18,19). The average molecular weight is 282 g/mol. The Labute approximate surface area is 120 Å². The number of amides is 2. The molecule has 0 aromatic rings. The quantitative estimate of drug-likeness (QED) is 0.813. The normalized spacial score (nSPS) is 27.7. The van der Waals surface area contributed by atoms with Crippen molar-refractivity contribution in [3.05, 3.63) is 0 Å². The molecular weight excluding hydrogens is 256 g/mol. The van der Waals surface area contributed by atoms with E-state index in [0.717, 1.165) is 31.6 Å². The van der Waals surface area contributed by atoms with E-state index in [1.807, 2.05) is 0 Å². The summed E-state index contributed by atoms with van der Waals surface area (Å²) in [5.74, 6) is 0.00515. The van der Waals surface area contributed by atoms with Crippen molar-refractivity contribution < 1.29 is 14.7 Å². The Bertz CT molecular complexity index is 360. The van der Waals surface area contributed by atoms with Gasteiger partial charge in [-0.15, -0.1) is 0 Å². The summed E-state index contributed by atoms with van der Waals surface area (Å²) in [6.45, 7) is 2.22. The number of rotatable bonds is 5. The van der Waals surface area contributed by atoms with Crippen molar-refractivity contribution in [3.8, 4) is 0 Å². The lowest BCUT2D eigenvalue weighted by Gasteiger charge is -2.35. The van der Waals surface area contributed by atoms with Gasteiger partial charge in [-0.05, 0) is 50.4 Å². The van der Waals surface area contributed by atoms with Crippen LogP contribution in [0.3, 0.4) is 0 Å². The molecule has 0 aromatic carbocycles. The van der Waals surface area contributed by atoms with Gasteiger partial charge in [0, 0.05) is 13.1 Å². The first-order valence-corrected chi connectivity index (χ1v) is 7.79. The molecule has 2 aliphatic carbocycles. The molecular formula is C15H26N2O3. The minimum absolute atomic E-state index is 0.126. The first kappa shape index (κ1) is 15.1. The molecule has 1 atom stereocenters. The van der Waals surface area contributed by atoms with Crippen LogP contribution in [0.1, 0.15) is 51.9 Å². The van der Waals surface area contributed by atoms with E-state index in [1.54, 1.807) is 11.9 Å². The maximum atomic E-state index is 12.2. The van der Waals surface area contributed by atoms with E-state index in [1.165, 1.54) is 19.3 Å². The van der Waals surface area contributed by atoms with E-state index < -0.39 is 12.0 Å². The fraction of sp³-hybridized carbons (Fsp3) is 0.867. The maximum absolute atomic E-state index is 12.2. The van der Waals surface area contributed by atoms with Crippen molar-refractivity contribution in [2.45, 2.75) is 64.0 Å². The Hall–Kier alpha value is -1.26. The van der Waals surface area contributed by atoms with Crippen LogP contribution in [0.15, 0.2) is 0 Å². The number of urea groups is 1. The molecule has 2 rings (SSSR count).